The molecular weight excluding hydrogens is 254 g/mol. The third-order valence-electron chi connectivity index (χ3n) is 3.45. The summed E-state index contributed by atoms with van der Waals surface area (Å²) in [6.07, 6.45) is 0. The first-order valence-corrected chi connectivity index (χ1v) is 6.80. The first-order valence-electron chi connectivity index (χ1n) is 6.80. The fraction of sp³-hybridized carbons (Fsp3) is 0.312. The Morgan fingerprint density at radius 2 is 1.85 bits per heavy atom. The number of ether oxygens (including phenoxy) is 2. The lowest BCUT2D eigenvalue weighted by molar-refractivity contribution is -0.137. The number of carbonyl (C=O) groups is 1. The summed E-state index contributed by atoms with van der Waals surface area (Å²) in [6, 6.07) is 13.9. The van der Waals surface area contributed by atoms with E-state index in [1.54, 1.807) is 4.90 Å². The molecule has 0 aliphatic carbocycles. The van der Waals surface area contributed by atoms with Crippen molar-refractivity contribution in [3.8, 4) is 5.75 Å². The Morgan fingerprint density at radius 3 is 2.65 bits per heavy atom. The van der Waals surface area contributed by atoms with E-state index in [0.29, 0.717) is 26.3 Å². The Morgan fingerprint density at radius 1 is 1.10 bits per heavy atom. The third kappa shape index (κ3) is 2.91. The molecule has 0 spiro atoms. The van der Waals surface area contributed by atoms with Gasteiger partial charge in [0.25, 0.3) is 5.91 Å². The zero-order valence-corrected chi connectivity index (χ0v) is 11.2. The number of nitrogens with zero attached hydrogens (tertiary/aromatic N) is 1. The van der Waals surface area contributed by atoms with Crippen LogP contribution in [0.4, 0.5) is 0 Å². The van der Waals surface area contributed by atoms with Gasteiger partial charge in [0, 0.05) is 13.1 Å². The van der Waals surface area contributed by atoms with Crippen molar-refractivity contribution in [3.63, 3.8) is 0 Å². The van der Waals surface area contributed by atoms with E-state index in [-0.39, 0.29) is 12.5 Å². The van der Waals surface area contributed by atoms with Crippen LogP contribution in [-0.4, -0.2) is 43.7 Å². The Balaban J connectivity index is 1.62. The monoisotopic (exact) mass is 271 g/mol. The van der Waals surface area contributed by atoms with Crippen LogP contribution in [0.3, 0.4) is 0 Å². The average Bonchev–Trinajstić information content (AvgIpc) is 2.53. The van der Waals surface area contributed by atoms with Crippen molar-refractivity contribution in [3.05, 3.63) is 42.5 Å². The zero-order chi connectivity index (χ0) is 13.8. The van der Waals surface area contributed by atoms with E-state index in [1.165, 1.54) is 5.39 Å². The minimum Gasteiger partial charge on any atom is -0.484 e. The molecule has 0 N–H and O–H groups in total. The van der Waals surface area contributed by atoms with Gasteiger partial charge in [0.05, 0.1) is 13.2 Å². The number of hydrogen-bond donors (Lipinski definition) is 0. The highest BCUT2D eigenvalue weighted by Crippen LogP contribution is 2.20. The van der Waals surface area contributed by atoms with E-state index in [4.69, 9.17) is 9.47 Å². The van der Waals surface area contributed by atoms with Crippen LogP contribution in [0.2, 0.25) is 0 Å². The molecule has 1 saturated heterocycles. The van der Waals surface area contributed by atoms with E-state index in [2.05, 4.69) is 6.07 Å². The second kappa shape index (κ2) is 5.92. The minimum atomic E-state index is 0.0152. The van der Waals surface area contributed by atoms with Crippen molar-refractivity contribution < 1.29 is 14.3 Å². The van der Waals surface area contributed by atoms with Gasteiger partial charge in [-0.2, -0.15) is 0 Å². The van der Waals surface area contributed by atoms with Crippen LogP contribution in [0.5, 0.6) is 5.75 Å². The van der Waals surface area contributed by atoms with Crippen LogP contribution >= 0.6 is 0 Å². The maximum absolute atomic E-state index is 12.0. The summed E-state index contributed by atoms with van der Waals surface area (Å²) in [5.74, 6) is 0.742. The van der Waals surface area contributed by atoms with Crippen LogP contribution in [0.15, 0.2) is 42.5 Å². The number of morpholine rings is 1. The highest BCUT2D eigenvalue weighted by Gasteiger charge is 2.17. The Bertz CT molecular complexity index is 605. The van der Waals surface area contributed by atoms with Crippen molar-refractivity contribution in [1.82, 2.24) is 4.90 Å². The molecule has 104 valence electrons. The second-order valence-electron chi connectivity index (χ2n) is 4.79. The van der Waals surface area contributed by atoms with Gasteiger partial charge in [-0.1, -0.05) is 30.3 Å². The number of benzene rings is 2. The molecule has 0 atom stereocenters. The molecule has 0 radical (unpaired) electrons. The molecule has 0 saturated carbocycles. The summed E-state index contributed by atoms with van der Waals surface area (Å²) in [6.45, 7) is 2.61. The molecule has 4 nitrogen and oxygen atoms in total. The van der Waals surface area contributed by atoms with Gasteiger partial charge in [-0.15, -0.1) is 0 Å². The van der Waals surface area contributed by atoms with Crippen LogP contribution in [-0.2, 0) is 9.53 Å². The Labute approximate surface area is 117 Å². The number of amides is 1. The standard InChI is InChI=1S/C16H17NO3/c18-16(17-7-9-19-10-8-17)12-20-15-6-5-13-3-1-2-4-14(13)11-15/h1-6,11H,7-10,12H2. The number of rotatable bonds is 3. The van der Waals surface area contributed by atoms with E-state index >= 15 is 0 Å². The molecular formula is C16H17NO3. The molecule has 1 aliphatic heterocycles. The minimum absolute atomic E-state index is 0.0152. The first kappa shape index (κ1) is 12.9. The largest absolute Gasteiger partial charge is 0.484 e. The van der Waals surface area contributed by atoms with Gasteiger partial charge in [0.15, 0.2) is 6.61 Å². The molecule has 4 heteroatoms. The quantitative estimate of drug-likeness (QED) is 0.858. The van der Waals surface area contributed by atoms with Crippen molar-refractivity contribution >= 4 is 16.7 Å². The lowest BCUT2D eigenvalue weighted by Crippen LogP contribution is -2.42. The fourth-order valence-corrected chi connectivity index (χ4v) is 2.31. The smallest absolute Gasteiger partial charge is 0.260 e. The topological polar surface area (TPSA) is 38.8 Å². The van der Waals surface area contributed by atoms with Crippen molar-refractivity contribution in [2.24, 2.45) is 0 Å². The van der Waals surface area contributed by atoms with E-state index in [9.17, 15) is 4.79 Å². The fourth-order valence-electron chi connectivity index (χ4n) is 2.31. The normalized spacial score (nSPS) is 15.3. The van der Waals surface area contributed by atoms with Gasteiger partial charge >= 0.3 is 0 Å². The highest BCUT2D eigenvalue weighted by molar-refractivity contribution is 5.84. The Hall–Kier alpha value is -2.07. The molecule has 20 heavy (non-hydrogen) atoms. The molecule has 1 heterocycles. The number of fused-ring (bicyclic) bond motifs is 1. The average molecular weight is 271 g/mol. The summed E-state index contributed by atoms with van der Waals surface area (Å²) in [4.78, 5) is 13.8. The third-order valence-corrected chi connectivity index (χ3v) is 3.45. The molecule has 1 amide bonds. The van der Waals surface area contributed by atoms with Crippen LogP contribution in [0.25, 0.3) is 10.8 Å². The van der Waals surface area contributed by atoms with Crippen molar-refractivity contribution in [2.45, 2.75) is 0 Å². The lowest BCUT2D eigenvalue weighted by atomic mass is 10.1. The van der Waals surface area contributed by atoms with Gasteiger partial charge in [-0.3, -0.25) is 4.79 Å². The number of carbonyl (C=O) groups excluding carboxylic acids is 1. The summed E-state index contributed by atoms with van der Waals surface area (Å²) in [5.41, 5.74) is 0. The maximum atomic E-state index is 12.0. The molecule has 0 aromatic heterocycles. The van der Waals surface area contributed by atoms with Crippen molar-refractivity contribution in [2.75, 3.05) is 32.9 Å². The predicted molar refractivity (Wildman–Crippen MR) is 76.8 cm³/mol. The highest BCUT2D eigenvalue weighted by atomic mass is 16.5. The predicted octanol–water partition coefficient (Wildman–Crippen LogP) is 2.08. The molecule has 0 bridgehead atoms. The summed E-state index contributed by atoms with van der Waals surface area (Å²) in [5, 5.41) is 2.28. The van der Waals surface area contributed by atoms with Crippen molar-refractivity contribution in [1.29, 1.82) is 0 Å². The lowest BCUT2D eigenvalue weighted by Gasteiger charge is -2.26. The van der Waals surface area contributed by atoms with E-state index < -0.39 is 0 Å². The molecule has 2 aromatic rings. The summed E-state index contributed by atoms with van der Waals surface area (Å²) in [7, 11) is 0. The van der Waals surface area contributed by atoms with Gasteiger partial charge in [0.1, 0.15) is 5.75 Å². The first-order chi connectivity index (χ1) is 9.83. The van der Waals surface area contributed by atoms with Gasteiger partial charge in [0.2, 0.25) is 0 Å². The number of hydrogen-bond acceptors (Lipinski definition) is 3. The molecule has 1 fully saturated rings. The van der Waals surface area contributed by atoms with Gasteiger partial charge < -0.3 is 14.4 Å². The molecule has 1 aliphatic rings. The van der Waals surface area contributed by atoms with Gasteiger partial charge in [-0.05, 0) is 22.9 Å². The second-order valence-corrected chi connectivity index (χ2v) is 4.79. The SMILES string of the molecule is O=C(COc1ccc2ccccc2c1)N1CCOCC1. The van der Waals surface area contributed by atoms with E-state index in [0.717, 1.165) is 11.1 Å². The summed E-state index contributed by atoms with van der Waals surface area (Å²) >= 11 is 0. The maximum Gasteiger partial charge on any atom is 0.260 e. The zero-order valence-electron chi connectivity index (χ0n) is 11.2. The molecule has 3 rings (SSSR count). The van der Waals surface area contributed by atoms with Crippen LogP contribution in [0, 0.1) is 0 Å². The molecule has 0 unspecified atom stereocenters. The Kier molecular flexibility index (Phi) is 3.83. The van der Waals surface area contributed by atoms with E-state index in [1.807, 2.05) is 36.4 Å². The molecule has 2 aromatic carbocycles. The van der Waals surface area contributed by atoms with Crippen LogP contribution in [0.1, 0.15) is 0 Å². The summed E-state index contributed by atoms with van der Waals surface area (Å²) < 4.78 is 10.8. The van der Waals surface area contributed by atoms with Gasteiger partial charge in [-0.25, -0.2) is 0 Å². The van der Waals surface area contributed by atoms with Crippen LogP contribution < -0.4 is 4.74 Å².